The summed E-state index contributed by atoms with van der Waals surface area (Å²) < 4.78 is 11.5. The van der Waals surface area contributed by atoms with Crippen LogP contribution in [-0.4, -0.2) is 54.0 Å². The van der Waals surface area contributed by atoms with E-state index in [4.69, 9.17) is 9.15 Å². The average molecular weight is 530 g/mol. The molecule has 0 radical (unpaired) electrons. The molecule has 0 spiro atoms. The Balaban J connectivity index is 1.21. The van der Waals surface area contributed by atoms with E-state index in [1.165, 1.54) is 11.1 Å². The Morgan fingerprint density at radius 2 is 1.45 bits per heavy atom. The van der Waals surface area contributed by atoms with Crippen LogP contribution in [0.4, 0.5) is 0 Å². The molecule has 6 heteroatoms. The second-order valence-corrected chi connectivity index (χ2v) is 9.86. The highest BCUT2D eigenvalue weighted by Gasteiger charge is 2.29. The van der Waals surface area contributed by atoms with Crippen molar-refractivity contribution in [2.75, 3.05) is 33.3 Å². The standard InChI is InChI=1S/C34H31N3O3/c1-39-28-16-10-15-27(23-28)31-24-35-33(40-31)29-17-8-9-18-30(29)34(38)37-21-19-36(20-22-37)32(25-11-4-2-5-12-25)26-13-6-3-7-14-26/h2-18,23-24,32H,19-22H2,1H3. The molecule has 0 unspecified atom stereocenters. The number of methoxy groups -OCH3 is 1. The summed E-state index contributed by atoms with van der Waals surface area (Å²) in [7, 11) is 1.64. The molecular formula is C34H31N3O3. The third-order valence-electron chi connectivity index (χ3n) is 7.45. The summed E-state index contributed by atoms with van der Waals surface area (Å²) in [6.45, 7) is 2.84. The van der Waals surface area contributed by atoms with Gasteiger partial charge in [-0.1, -0.05) is 84.9 Å². The average Bonchev–Trinajstić information content (AvgIpc) is 3.53. The van der Waals surface area contributed by atoms with Crippen LogP contribution in [0.25, 0.3) is 22.8 Å². The largest absolute Gasteiger partial charge is 0.497 e. The molecule has 0 bridgehead atoms. The molecule has 40 heavy (non-hydrogen) atoms. The summed E-state index contributed by atoms with van der Waals surface area (Å²) in [5.74, 6) is 1.78. The molecule has 1 amide bonds. The zero-order valence-electron chi connectivity index (χ0n) is 22.4. The molecule has 6 nitrogen and oxygen atoms in total. The van der Waals surface area contributed by atoms with Crippen molar-refractivity contribution in [3.63, 3.8) is 0 Å². The summed E-state index contributed by atoms with van der Waals surface area (Å²) in [5.41, 5.74) is 4.67. The van der Waals surface area contributed by atoms with Gasteiger partial charge in [0.15, 0.2) is 5.76 Å². The second-order valence-electron chi connectivity index (χ2n) is 9.86. The Hall–Kier alpha value is -4.68. The minimum absolute atomic E-state index is 0.00708. The highest BCUT2D eigenvalue weighted by atomic mass is 16.5. The van der Waals surface area contributed by atoms with Crippen LogP contribution in [-0.2, 0) is 0 Å². The van der Waals surface area contributed by atoms with E-state index in [9.17, 15) is 4.79 Å². The highest BCUT2D eigenvalue weighted by Crippen LogP contribution is 2.32. The number of ether oxygens (including phenoxy) is 1. The molecule has 1 aliphatic heterocycles. The maximum atomic E-state index is 13.8. The van der Waals surface area contributed by atoms with Gasteiger partial charge in [0, 0.05) is 37.3 Å². The molecule has 0 aliphatic carbocycles. The van der Waals surface area contributed by atoms with Crippen LogP contribution in [0.1, 0.15) is 27.5 Å². The van der Waals surface area contributed by atoms with Crippen molar-refractivity contribution in [2.45, 2.75) is 6.04 Å². The predicted octanol–water partition coefficient (Wildman–Crippen LogP) is 6.56. The van der Waals surface area contributed by atoms with Gasteiger partial charge >= 0.3 is 0 Å². The lowest BCUT2D eigenvalue weighted by Crippen LogP contribution is -2.50. The van der Waals surface area contributed by atoms with Gasteiger partial charge in [-0.25, -0.2) is 4.98 Å². The lowest BCUT2D eigenvalue weighted by Gasteiger charge is -2.40. The van der Waals surface area contributed by atoms with Crippen molar-refractivity contribution in [1.82, 2.24) is 14.8 Å². The number of amides is 1. The smallest absolute Gasteiger partial charge is 0.254 e. The zero-order valence-corrected chi connectivity index (χ0v) is 22.4. The fraction of sp³-hybridized carbons (Fsp3) is 0.176. The maximum Gasteiger partial charge on any atom is 0.254 e. The molecule has 1 fully saturated rings. The maximum absolute atomic E-state index is 13.8. The van der Waals surface area contributed by atoms with Gasteiger partial charge < -0.3 is 14.1 Å². The molecule has 0 N–H and O–H groups in total. The minimum atomic E-state index is -0.00708. The molecule has 5 aromatic rings. The number of carbonyl (C=O) groups is 1. The van der Waals surface area contributed by atoms with Crippen LogP contribution in [0.3, 0.4) is 0 Å². The third kappa shape index (κ3) is 5.26. The quantitative estimate of drug-likeness (QED) is 0.239. The number of benzene rings is 4. The second kappa shape index (κ2) is 11.6. The van der Waals surface area contributed by atoms with E-state index in [1.807, 2.05) is 65.6 Å². The zero-order chi connectivity index (χ0) is 27.3. The van der Waals surface area contributed by atoms with Gasteiger partial charge in [0.05, 0.1) is 24.9 Å². The lowest BCUT2D eigenvalue weighted by molar-refractivity contribution is 0.0598. The highest BCUT2D eigenvalue weighted by molar-refractivity contribution is 6.00. The van der Waals surface area contributed by atoms with Gasteiger partial charge in [-0.15, -0.1) is 0 Å². The fourth-order valence-electron chi connectivity index (χ4n) is 5.40. The van der Waals surface area contributed by atoms with Crippen LogP contribution in [0.5, 0.6) is 5.75 Å². The van der Waals surface area contributed by atoms with Crippen LogP contribution in [0, 0.1) is 0 Å². The number of carbonyl (C=O) groups excluding carboxylic acids is 1. The lowest BCUT2D eigenvalue weighted by atomic mass is 9.96. The predicted molar refractivity (Wildman–Crippen MR) is 156 cm³/mol. The first-order valence-electron chi connectivity index (χ1n) is 13.5. The molecule has 6 rings (SSSR count). The van der Waals surface area contributed by atoms with Crippen molar-refractivity contribution in [3.05, 3.63) is 132 Å². The van der Waals surface area contributed by atoms with Crippen LogP contribution in [0.2, 0.25) is 0 Å². The number of hydrogen-bond acceptors (Lipinski definition) is 5. The first-order chi connectivity index (χ1) is 19.7. The number of hydrogen-bond donors (Lipinski definition) is 0. The Bertz CT molecular complexity index is 1540. The molecule has 0 saturated carbocycles. The first-order valence-corrected chi connectivity index (χ1v) is 13.5. The molecule has 1 saturated heterocycles. The van der Waals surface area contributed by atoms with E-state index in [0.29, 0.717) is 35.9 Å². The molecule has 0 atom stereocenters. The summed E-state index contributed by atoms with van der Waals surface area (Å²) in [5, 5.41) is 0. The van der Waals surface area contributed by atoms with Crippen molar-refractivity contribution >= 4 is 5.91 Å². The molecule has 1 aromatic heterocycles. The number of nitrogens with zero attached hydrogens (tertiary/aromatic N) is 3. The van der Waals surface area contributed by atoms with Gasteiger partial charge in [-0.05, 0) is 35.4 Å². The van der Waals surface area contributed by atoms with Crippen LogP contribution >= 0.6 is 0 Å². The van der Waals surface area contributed by atoms with E-state index in [0.717, 1.165) is 24.4 Å². The molecular weight excluding hydrogens is 498 g/mol. The fourth-order valence-corrected chi connectivity index (χ4v) is 5.40. The first kappa shape index (κ1) is 25.6. The third-order valence-corrected chi connectivity index (χ3v) is 7.45. The van der Waals surface area contributed by atoms with Gasteiger partial charge in [0.2, 0.25) is 5.89 Å². The Morgan fingerprint density at radius 3 is 2.12 bits per heavy atom. The van der Waals surface area contributed by atoms with Gasteiger partial charge in [-0.3, -0.25) is 9.69 Å². The van der Waals surface area contributed by atoms with Crippen molar-refractivity contribution in [3.8, 4) is 28.5 Å². The minimum Gasteiger partial charge on any atom is -0.497 e. The van der Waals surface area contributed by atoms with Crippen molar-refractivity contribution in [2.24, 2.45) is 0 Å². The summed E-state index contributed by atoms with van der Waals surface area (Å²) >= 11 is 0. The Morgan fingerprint density at radius 1 is 0.800 bits per heavy atom. The normalized spacial score (nSPS) is 13.9. The summed E-state index contributed by atoms with van der Waals surface area (Å²) in [6.07, 6.45) is 1.69. The van der Waals surface area contributed by atoms with Gasteiger partial charge in [0.25, 0.3) is 5.91 Å². The summed E-state index contributed by atoms with van der Waals surface area (Å²) in [6, 6.07) is 36.5. The van der Waals surface area contributed by atoms with E-state index < -0.39 is 0 Å². The summed E-state index contributed by atoms with van der Waals surface area (Å²) in [4.78, 5) is 22.7. The monoisotopic (exact) mass is 529 g/mol. The molecule has 1 aliphatic rings. The topological polar surface area (TPSA) is 58.8 Å². The molecule has 2 heterocycles. The number of rotatable bonds is 7. The van der Waals surface area contributed by atoms with Gasteiger partial charge in [0.1, 0.15) is 5.75 Å². The van der Waals surface area contributed by atoms with Crippen LogP contribution in [0.15, 0.2) is 120 Å². The Kier molecular flexibility index (Phi) is 7.42. The van der Waals surface area contributed by atoms with Crippen LogP contribution < -0.4 is 4.74 Å². The number of piperazine rings is 1. The van der Waals surface area contributed by atoms with Crippen molar-refractivity contribution < 1.29 is 13.9 Å². The van der Waals surface area contributed by atoms with E-state index in [2.05, 4.69) is 58.4 Å². The van der Waals surface area contributed by atoms with Crippen molar-refractivity contribution in [1.29, 1.82) is 0 Å². The van der Waals surface area contributed by atoms with E-state index >= 15 is 0 Å². The number of oxazole rings is 1. The molecule has 200 valence electrons. The van der Waals surface area contributed by atoms with Gasteiger partial charge in [-0.2, -0.15) is 0 Å². The van der Waals surface area contributed by atoms with E-state index in [-0.39, 0.29) is 11.9 Å². The Labute approximate surface area is 234 Å². The van der Waals surface area contributed by atoms with E-state index in [1.54, 1.807) is 13.3 Å². The number of aromatic nitrogens is 1. The molecule has 4 aromatic carbocycles. The SMILES string of the molecule is COc1cccc(-c2cnc(-c3ccccc3C(=O)N3CCN(C(c4ccccc4)c4ccccc4)CC3)o2)c1.